The number of nitrogens with two attached hydrogens (primary N) is 1. The summed E-state index contributed by atoms with van der Waals surface area (Å²) in [5.74, 6) is -0.0512. The van der Waals surface area contributed by atoms with Crippen LogP contribution in [0.25, 0.3) is 10.8 Å². The third kappa shape index (κ3) is 7.66. The highest BCUT2D eigenvalue weighted by Crippen LogP contribution is 2.36. The molecular weight excluding hydrogens is 570 g/mol. The molecule has 0 aliphatic carbocycles. The number of phenols is 1. The average Bonchev–Trinajstić information content (AvgIpc) is 3.04. The van der Waals surface area contributed by atoms with Crippen molar-refractivity contribution in [3.63, 3.8) is 0 Å². The summed E-state index contributed by atoms with van der Waals surface area (Å²) in [6.45, 7) is 1.46. The number of hydrogen-bond acceptors (Lipinski definition) is 7. The van der Waals surface area contributed by atoms with E-state index in [1.165, 1.54) is 25.1 Å². The molecule has 5 N–H and O–H groups in total. The van der Waals surface area contributed by atoms with Gasteiger partial charge in [0.2, 0.25) is 5.91 Å². The highest BCUT2D eigenvalue weighted by Gasteiger charge is 2.30. The Balaban J connectivity index is 1.52. The van der Waals surface area contributed by atoms with Gasteiger partial charge in [0, 0.05) is 28.3 Å². The van der Waals surface area contributed by atoms with Crippen molar-refractivity contribution in [1.82, 2.24) is 0 Å². The lowest BCUT2D eigenvalue weighted by atomic mass is 9.96. The summed E-state index contributed by atoms with van der Waals surface area (Å²) in [6, 6.07) is 32.5. The van der Waals surface area contributed by atoms with Crippen molar-refractivity contribution in [2.45, 2.75) is 19.1 Å². The maximum atomic E-state index is 13.4. The van der Waals surface area contributed by atoms with Crippen LogP contribution in [0.2, 0.25) is 0 Å². The number of anilines is 3. The van der Waals surface area contributed by atoms with E-state index in [-0.39, 0.29) is 11.5 Å². The first-order valence-electron chi connectivity index (χ1n) is 14.1. The molecule has 0 aromatic heterocycles. The van der Waals surface area contributed by atoms with E-state index in [9.17, 15) is 19.5 Å². The Hall–Kier alpha value is -6.09. The standard InChI is InChI=1S/C36H31N3O6/c1-23(40)24-15-17-25(18-16-24)38-36(43)45-35(29-19-20-32(41)28-12-6-5-11-27(28)29)33(44-26-9-3-2-4-10-26)21-22-34(42)39-31-14-8-7-13-30(31)37/h2-22,33,35,41H,37H2,1H3,(H,38,43)(H,39,42)/b22-21+/t33-,35-/m0/s1. The topological polar surface area (TPSA) is 140 Å². The molecule has 0 aliphatic rings. The SMILES string of the molecule is CC(=O)c1ccc(NC(=O)O[C@@H](c2ccc(O)c3ccccc23)[C@H](/C=C/C(=O)Nc2ccccc2N)Oc2ccccc2)cc1. The second-order valence-electron chi connectivity index (χ2n) is 10.1. The number of phenolic OH excluding ortho intramolecular Hbond substituents is 1. The number of hydrogen-bond donors (Lipinski definition) is 4. The van der Waals surface area contributed by atoms with Gasteiger partial charge in [-0.3, -0.25) is 14.9 Å². The first-order chi connectivity index (χ1) is 21.8. The fourth-order valence-corrected chi connectivity index (χ4v) is 4.74. The van der Waals surface area contributed by atoms with Gasteiger partial charge >= 0.3 is 6.09 Å². The number of ketones is 1. The summed E-state index contributed by atoms with van der Waals surface area (Å²) in [6.07, 6.45) is -0.118. The molecule has 9 nitrogen and oxygen atoms in total. The normalized spacial score (nSPS) is 12.3. The van der Waals surface area contributed by atoms with Gasteiger partial charge in [-0.2, -0.15) is 0 Å². The quantitative estimate of drug-likeness (QED) is 0.0750. The Morgan fingerprint density at radius 3 is 2.16 bits per heavy atom. The van der Waals surface area contributed by atoms with Crippen molar-refractivity contribution >= 4 is 45.6 Å². The molecule has 0 fully saturated rings. The molecule has 0 saturated heterocycles. The fourth-order valence-electron chi connectivity index (χ4n) is 4.74. The van der Waals surface area contributed by atoms with E-state index in [1.807, 2.05) is 6.07 Å². The molecule has 0 radical (unpaired) electrons. The lowest BCUT2D eigenvalue weighted by Gasteiger charge is -2.27. The molecule has 0 aliphatic heterocycles. The molecule has 226 valence electrons. The zero-order valence-corrected chi connectivity index (χ0v) is 24.3. The minimum absolute atomic E-state index is 0.0546. The average molecular weight is 602 g/mol. The van der Waals surface area contributed by atoms with Crippen LogP contribution in [0.5, 0.6) is 11.5 Å². The highest BCUT2D eigenvalue weighted by molar-refractivity contribution is 6.01. The molecule has 45 heavy (non-hydrogen) atoms. The minimum atomic E-state index is -1.10. The number of carbonyl (C=O) groups is 3. The van der Waals surface area contributed by atoms with Gasteiger partial charge in [-0.1, -0.05) is 60.7 Å². The van der Waals surface area contributed by atoms with Crippen molar-refractivity contribution in [3.8, 4) is 11.5 Å². The maximum absolute atomic E-state index is 13.4. The first-order valence-corrected chi connectivity index (χ1v) is 14.1. The van der Waals surface area contributed by atoms with E-state index in [2.05, 4.69) is 10.6 Å². The molecule has 2 amide bonds. The van der Waals surface area contributed by atoms with Crippen LogP contribution in [-0.4, -0.2) is 29.0 Å². The molecule has 9 heteroatoms. The second kappa shape index (κ2) is 13.9. The van der Waals surface area contributed by atoms with Crippen LogP contribution < -0.4 is 21.1 Å². The van der Waals surface area contributed by atoms with Crippen LogP contribution in [0.15, 0.2) is 127 Å². The van der Waals surface area contributed by atoms with Crippen molar-refractivity contribution in [3.05, 3.63) is 139 Å². The Bertz CT molecular complexity index is 1850. The summed E-state index contributed by atoms with van der Waals surface area (Å²) in [7, 11) is 0. The summed E-state index contributed by atoms with van der Waals surface area (Å²) < 4.78 is 12.4. The summed E-state index contributed by atoms with van der Waals surface area (Å²) in [5, 5.41) is 17.2. The van der Waals surface area contributed by atoms with Gasteiger partial charge in [-0.15, -0.1) is 0 Å². The lowest BCUT2D eigenvalue weighted by Crippen LogP contribution is -2.30. The van der Waals surface area contributed by atoms with Gasteiger partial charge in [0.15, 0.2) is 18.0 Å². The third-order valence-electron chi connectivity index (χ3n) is 6.98. The van der Waals surface area contributed by atoms with Crippen LogP contribution in [0.4, 0.5) is 21.9 Å². The number of nitrogen functional groups attached to an aromatic ring is 1. The first kappa shape index (κ1) is 30.4. The van der Waals surface area contributed by atoms with E-state index in [4.69, 9.17) is 15.2 Å². The molecule has 5 rings (SSSR count). The molecule has 0 saturated carbocycles. The number of benzene rings is 5. The molecule has 2 atom stereocenters. The Labute approximate surface area is 259 Å². The van der Waals surface area contributed by atoms with Crippen LogP contribution in [0, 0.1) is 0 Å². The molecule has 0 unspecified atom stereocenters. The van der Waals surface area contributed by atoms with Gasteiger partial charge in [0.05, 0.1) is 11.4 Å². The maximum Gasteiger partial charge on any atom is 0.412 e. The summed E-state index contributed by atoms with van der Waals surface area (Å²) in [4.78, 5) is 38.0. The van der Waals surface area contributed by atoms with Gasteiger partial charge in [-0.25, -0.2) is 4.79 Å². The Morgan fingerprint density at radius 2 is 1.44 bits per heavy atom. The summed E-state index contributed by atoms with van der Waals surface area (Å²) >= 11 is 0. The van der Waals surface area contributed by atoms with E-state index in [0.29, 0.717) is 44.7 Å². The molecular formula is C36H31N3O6. The predicted octanol–water partition coefficient (Wildman–Crippen LogP) is 7.26. The Morgan fingerprint density at radius 1 is 0.778 bits per heavy atom. The minimum Gasteiger partial charge on any atom is -0.507 e. The van der Waals surface area contributed by atoms with E-state index in [0.717, 1.165) is 0 Å². The number of nitrogens with one attached hydrogen (secondary N) is 2. The Kier molecular flexibility index (Phi) is 9.40. The third-order valence-corrected chi connectivity index (χ3v) is 6.98. The van der Waals surface area contributed by atoms with E-state index < -0.39 is 24.2 Å². The van der Waals surface area contributed by atoms with Crippen LogP contribution in [0.3, 0.4) is 0 Å². The fraction of sp³-hybridized carbons (Fsp3) is 0.0833. The van der Waals surface area contributed by atoms with E-state index in [1.54, 1.807) is 103 Å². The van der Waals surface area contributed by atoms with Crippen molar-refractivity contribution in [2.24, 2.45) is 0 Å². The van der Waals surface area contributed by atoms with Crippen molar-refractivity contribution < 1.29 is 29.0 Å². The van der Waals surface area contributed by atoms with Crippen LogP contribution >= 0.6 is 0 Å². The molecule has 5 aromatic carbocycles. The van der Waals surface area contributed by atoms with Gasteiger partial charge < -0.3 is 25.6 Å². The smallest absolute Gasteiger partial charge is 0.412 e. The van der Waals surface area contributed by atoms with E-state index >= 15 is 0 Å². The van der Waals surface area contributed by atoms with Crippen LogP contribution in [-0.2, 0) is 9.53 Å². The van der Waals surface area contributed by atoms with Crippen LogP contribution in [0.1, 0.15) is 28.9 Å². The zero-order chi connectivity index (χ0) is 31.8. The van der Waals surface area contributed by atoms with Gasteiger partial charge in [-0.05, 0) is 73.0 Å². The predicted molar refractivity (Wildman–Crippen MR) is 174 cm³/mol. The lowest BCUT2D eigenvalue weighted by molar-refractivity contribution is -0.112. The largest absolute Gasteiger partial charge is 0.507 e. The zero-order valence-electron chi connectivity index (χ0n) is 24.3. The number of rotatable bonds is 10. The number of fused-ring (bicyclic) bond motifs is 1. The van der Waals surface area contributed by atoms with Gasteiger partial charge in [0.25, 0.3) is 0 Å². The number of carbonyl (C=O) groups excluding carboxylic acids is 3. The monoisotopic (exact) mass is 601 g/mol. The number of ether oxygens (including phenoxy) is 2. The van der Waals surface area contributed by atoms with Crippen molar-refractivity contribution in [1.29, 1.82) is 0 Å². The molecule has 0 bridgehead atoms. The van der Waals surface area contributed by atoms with Crippen molar-refractivity contribution in [2.75, 3.05) is 16.4 Å². The summed E-state index contributed by atoms with van der Waals surface area (Å²) in [5.41, 5.74) is 8.28. The highest BCUT2D eigenvalue weighted by atomic mass is 16.6. The number of para-hydroxylation sites is 3. The number of Topliss-reactive ketones (excluding diaryl/α,β-unsaturated/α-hetero) is 1. The second-order valence-corrected chi connectivity index (χ2v) is 10.1. The molecule has 0 heterocycles. The molecule has 0 spiro atoms. The number of aromatic hydroxyl groups is 1. The van der Waals surface area contributed by atoms with Gasteiger partial charge in [0.1, 0.15) is 11.5 Å². The number of amides is 2. The molecule has 5 aromatic rings.